The third-order valence-corrected chi connectivity index (χ3v) is 6.72. The van der Waals surface area contributed by atoms with E-state index in [9.17, 15) is 19.6 Å². The van der Waals surface area contributed by atoms with Crippen molar-refractivity contribution in [2.75, 3.05) is 11.9 Å². The first-order chi connectivity index (χ1) is 19.6. The van der Waals surface area contributed by atoms with Crippen molar-refractivity contribution >= 4 is 34.1 Å². The zero-order valence-electron chi connectivity index (χ0n) is 22.2. The van der Waals surface area contributed by atoms with E-state index in [-0.39, 0.29) is 28.6 Å². The van der Waals surface area contributed by atoms with E-state index in [4.69, 9.17) is 11.6 Å². The van der Waals surface area contributed by atoms with E-state index in [1.807, 2.05) is 24.3 Å². The van der Waals surface area contributed by atoms with Gasteiger partial charge in [-0.15, -0.1) is 0 Å². The predicted molar refractivity (Wildman–Crippen MR) is 154 cm³/mol. The quantitative estimate of drug-likeness (QED) is 0.246. The monoisotopic (exact) mass is 569 g/mol. The summed E-state index contributed by atoms with van der Waals surface area (Å²) in [6.07, 6.45) is 8.52. The zero-order chi connectivity index (χ0) is 29.1. The van der Waals surface area contributed by atoms with E-state index in [0.29, 0.717) is 40.0 Å². The third-order valence-electron chi connectivity index (χ3n) is 6.35. The van der Waals surface area contributed by atoms with E-state index in [2.05, 4.69) is 30.9 Å². The van der Waals surface area contributed by atoms with Crippen LogP contribution in [0.1, 0.15) is 41.3 Å². The summed E-state index contributed by atoms with van der Waals surface area (Å²) in [5.74, 6) is -0.724. The predicted octanol–water partition coefficient (Wildman–Crippen LogP) is 4.93. The summed E-state index contributed by atoms with van der Waals surface area (Å²) in [6, 6.07) is 11.5. The van der Waals surface area contributed by atoms with Crippen molar-refractivity contribution in [3.63, 3.8) is 0 Å². The lowest BCUT2D eigenvalue weighted by Gasteiger charge is -2.17. The summed E-state index contributed by atoms with van der Waals surface area (Å²) < 4.78 is 14.6. The van der Waals surface area contributed by atoms with E-state index in [1.54, 1.807) is 44.6 Å². The largest absolute Gasteiger partial charge is 0.386 e. The van der Waals surface area contributed by atoms with Gasteiger partial charge in [0.05, 0.1) is 33.6 Å². The minimum absolute atomic E-state index is 0.00727. The molecule has 2 aromatic heterocycles. The van der Waals surface area contributed by atoms with E-state index in [0.717, 1.165) is 5.56 Å². The van der Waals surface area contributed by atoms with Crippen molar-refractivity contribution in [2.24, 2.45) is 0 Å². The maximum atomic E-state index is 14.6. The molecule has 2 aromatic carbocycles. The van der Waals surface area contributed by atoms with Gasteiger partial charge in [0.15, 0.2) is 5.82 Å². The fourth-order valence-electron chi connectivity index (χ4n) is 4.24. The van der Waals surface area contributed by atoms with Crippen LogP contribution in [0.2, 0.25) is 5.02 Å². The Kier molecular flexibility index (Phi) is 7.66. The van der Waals surface area contributed by atoms with Crippen LogP contribution in [0.5, 0.6) is 0 Å². The molecule has 41 heavy (non-hydrogen) atoms. The van der Waals surface area contributed by atoms with Crippen LogP contribution in [0.4, 0.5) is 10.1 Å². The average Bonchev–Trinajstić information content (AvgIpc) is 2.97. The molecule has 0 aliphatic carbocycles. The van der Waals surface area contributed by atoms with E-state index in [1.165, 1.54) is 18.2 Å². The number of fused-ring (bicyclic) bond motifs is 1. The summed E-state index contributed by atoms with van der Waals surface area (Å²) in [5.41, 5.74) is 2.17. The van der Waals surface area contributed by atoms with Crippen LogP contribution in [-0.4, -0.2) is 32.5 Å². The molecule has 206 valence electrons. The van der Waals surface area contributed by atoms with Gasteiger partial charge in [0.2, 0.25) is 0 Å². The smallest absolute Gasteiger partial charge is 0.275 e. The lowest BCUT2D eigenvalue weighted by atomic mass is 10.0. The topological polar surface area (TPSA) is 136 Å². The number of aliphatic hydroxyl groups is 1. The lowest BCUT2D eigenvalue weighted by Crippen LogP contribution is -2.26. The van der Waals surface area contributed by atoms with Crippen LogP contribution in [0.3, 0.4) is 0 Å². The molecule has 0 atom stereocenters. The molecule has 0 unspecified atom stereocenters. The van der Waals surface area contributed by atoms with Crippen LogP contribution in [-0.2, 0) is 12.1 Å². The van der Waals surface area contributed by atoms with Gasteiger partial charge in [-0.3, -0.25) is 4.79 Å². The molecule has 1 aliphatic rings. The van der Waals surface area contributed by atoms with Crippen molar-refractivity contribution in [1.29, 1.82) is 5.26 Å². The molecule has 0 bridgehead atoms. The number of allylic oxidation sites excluding steroid dienone is 1. The van der Waals surface area contributed by atoms with Crippen molar-refractivity contribution < 1.29 is 14.3 Å². The van der Waals surface area contributed by atoms with Gasteiger partial charge in [0.25, 0.3) is 5.91 Å². The molecule has 0 radical (unpaired) electrons. The number of dihydropyridines is 1. The van der Waals surface area contributed by atoms with Crippen LogP contribution in [0.15, 0.2) is 72.8 Å². The summed E-state index contributed by atoms with van der Waals surface area (Å²) in [7, 11) is 0. The van der Waals surface area contributed by atoms with Gasteiger partial charge < -0.3 is 21.1 Å². The standard InChI is InChI=1S/C30H25ClFN7O2/c1-30(2,41)29-36-14-20(15-37-29)18-6-8-24-22(11-18)26(35-13-19-10-17(12-33)5-7-23(19)32)25(31)27(39-24)28(40)38-21-4-3-9-34-16-21/h3-8,10-11,14-16,34,41H,9,13H2,1-2H3,(H,35,39)(H,38,40). The van der Waals surface area contributed by atoms with Gasteiger partial charge in [0, 0.05) is 48.2 Å². The highest BCUT2D eigenvalue weighted by Crippen LogP contribution is 2.36. The van der Waals surface area contributed by atoms with Crippen molar-refractivity contribution in [1.82, 2.24) is 25.6 Å². The number of carbonyl (C=O) groups excluding carboxylic acids is 1. The number of benzene rings is 2. The molecule has 0 fully saturated rings. The second-order valence-corrected chi connectivity index (χ2v) is 10.2. The van der Waals surface area contributed by atoms with Crippen LogP contribution in [0.25, 0.3) is 22.0 Å². The fraction of sp³-hybridized carbons (Fsp3) is 0.167. The number of halogens is 2. The Hall–Kier alpha value is -4.85. The second-order valence-electron chi connectivity index (χ2n) is 9.87. The molecule has 4 N–H and O–H groups in total. The van der Waals surface area contributed by atoms with Crippen LogP contribution >= 0.6 is 11.6 Å². The number of pyridine rings is 1. The molecule has 0 saturated heterocycles. The number of nitrogens with zero attached hydrogens (tertiary/aromatic N) is 4. The first kappa shape index (κ1) is 27.7. The molecular formula is C30H25ClFN7O2. The van der Waals surface area contributed by atoms with Gasteiger partial charge in [-0.2, -0.15) is 5.26 Å². The average molecular weight is 570 g/mol. The molecule has 3 heterocycles. The number of hydrogen-bond acceptors (Lipinski definition) is 8. The van der Waals surface area contributed by atoms with E-state index >= 15 is 0 Å². The van der Waals surface area contributed by atoms with Crippen molar-refractivity contribution in [3.8, 4) is 17.2 Å². The van der Waals surface area contributed by atoms with Gasteiger partial charge >= 0.3 is 0 Å². The normalized spacial score (nSPS) is 12.8. The molecule has 0 spiro atoms. The second kappa shape index (κ2) is 11.3. The number of anilines is 1. The molecule has 11 heteroatoms. The summed E-state index contributed by atoms with van der Waals surface area (Å²) >= 11 is 6.80. The highest BCUT2D eigenvalue weighted by atomic mass is 35.5. The Morgan fingerprint density at radius 3 is 2.66 bits per heavy atom. The van der Waals surface area contributed by atoms with Crippen LogP contribution in [0, 0.1) is 17.1 Å². The Morgan fingerprint density at radius 2 is 1.98 bits per heavy atom. The minimum Gasteiger partial charge on any atom is -0.386 e. The summed E-state index contributed by atoms with van der Waals surface area (Å²) in [4.78, 5) is 26.3. The zero-order valence-corrected chi connectivity index (χ0v) is 22.9. The number of nitriles is 1. The highest BCUT2D eigenvalue weighted by molar-refractivity contribution is 6.37. The minimum atomic E-state index is -1.19. The number of nitrogens with one attached hydrogen (secondary N) is 3. The Balaban J connectivity index is 1.58. The molecule has 1 amide bonds. The first-order valence-corrected chi connectivity index (χ1v) is 13.0. The molecule has 5 rings (SSSR count). The van der Waals surface area contributed by atoms with Gasteiger partial charge in [-0.05, 0) is 55.8 Å². The number of aromatic nitrogens is 3. The lowest BCUT2D eigenvalue weighted by molar-refractivity contribution is 0.0687. The van der Waals surface area contributed by atoms with Gasteiger partial charge in [0.1, 0.15) is 17.1 Å². The Morgan fingerprint density at radius 1 is 1.20 bits per heavy atom. The fourth-order valence-corrected chi connectivity index (χ4v) is 4.53. The Labute approximate surface area is 240 Å². The summed E-state index contributed by atoms with van der Waals surface area (Å²) in [5, 5.41) is 29.0. The molecule has 1 aliphatic heterocycles. The number of rotatable bonds is 7. The molecule has 4 aromatic rings. The maximum absolute atomic E-state index is 14.6. The SMILES string of the molecule is CC(C)(O)c1ncc(-c2ccc3nc(C(=O)NC4=CNCC=C4)c(Cl)c(NCc4cc(C#N)ccc4F)c3c2)cn1. The van der Waals surface area contributed by atoms with Gasteiger partial charge in [-0.1, -0.05) is 23.7 Å². The van der Waals surface area contributed by atoms with Crippen LogP contribution < -0.4 is 16.0 Å². The third kappa shape index (κ3) is 6.01. The van der Waals surface area contributed by atoms with Crippen molar-refractivity contribution in [2.45, 2.75) is 26.0 Å². The highest BCUT2D eigenvalue weighted by Gasteiger charge is 2.22. The van der Waals surface area contributed by atoms with Gasteiger partial charge in [-0.25, -0.2) is 19.3 Å². The first-order valence-electron chi connectivity index (χ1n) is 12.7. The molecule has 0 saturated carbocycles. The number of carbonyl (C=O) groups is 1. The Bertz CT molecular complexity index is 1760. The van der Waals surface area contributed by atoms with E-state index < -0.39 is 17.3 Å². The summed E-state index contributed by atoms with van der Waals surface area (Å²) in [6.45, 7) is 3.85. The molecule has 9 nitrogen and oxygen atoms in total. The number of hydrogen-bond donors (Lipinski definition) is 4. The number of amides is 1. The van der Waals surface area contributed by atoms with Crippen molar-refractivity contribution in [3.05, 3.63) is 106 Å². The molecular weight excluding hydrogens is 545 g/mol. The maximum Gasteiger partial charge on any atom is 0.275 e.